The van der Waals surface area contributed by atoms with Gasteiger partial charge < -0.3 is 0 Å². The first-order valence-electron chi connectivity index (χ1n) is 5.69. The highest BCUT2D eigenvalue weighted by Crippen LogP contribution is 2.25. The number of aryl methyl sites for hydroxylation is 1. The van der Waals surface area contributed by atoms with E-state index in [0.29, 0.717) is 5.56 Å². The number of aromatic nitrogens is 1. The average Bonchev–Trinajstić information content (AvgIpc) is 2.42. The van der Waals surface area contributed by atoms with Crippen molar-refractivity contribution in [3.05, 3.63) is 52.6 Å². The van der Waals surface area contributed by atoms with Gasteiger partial charge in [-0.1, -0.05) is 17.7 Å². The van der Waals surface area contributed by atoms with Crippen molar-refractivity contribution in [2.45, 2.75) is 11.8 Å². The van der Waals surface area contributed by atoms with E-state index in [0.717, 1.165) is 12.1 Å². The van der Waals surface area contributed by atoms with Crippen LogP contribution in [0.5, 0.6) is 0 Å². The molecule has 2 rings (SSSR count). The Morgan fingerprint density at radius 3 is 2.81 bits per heavy atom. The zero-order chi connectivity index (χ0) is 15.6. The maximum atomic E-state index is 13.5. The second kappa shape index (κ2) is 5.68. The van der Waals surface area contributed by atoms with Crippen LogP contribution in [-0.2, 0) is 10.0 Å². The molecule has 108 valence electrons. The van der Waals surface area contributed by atoms with E-state index in [1.807, 2.05) is 0 Å². The first kappa shape index (κ1) is 15.2. The van der Waals surface area contributed by atoms with Gasteiger partial charge in [-0.05, 0) is 30.7 Å². The number of pyridine rings is 1. The van der Waals surface area contributed by atoms with Gasteiger partial charge in [0.1, 0.15) is 22.3 Å². The minimum atomic E-state index is -4.15. The Hall–Kier alpha value is -2.17. The molecule has 0 saturated carbocycles. The first-order chi connectivity index (χ1) is 9.85. The molecule has 0 aliphatic carbocycles. The quantitative estimate of drug-likeness (QED) is 0.880. The molecule has 0 amide bonds. The second-order valence-electron chi connectivity index (χ2n) is 4.18. The van der Waals surface area contributed by atoms with Gasteiger partial charge in [0, 0.05) is 6.20 Å². The number of hydrogen-bond acceptors (Lipinski definition) is 4. The molecule has 2 aromatic rings. The van der Waals surface area contributed by atoms with E-state index >= 15 is 0 Å². The molecule has 0 spiro atoms. The molecule has 0 aliphatic heterocycles. The standard InChI is InChI=1S/C13H9ClFN3O2S/c1-8-5-11(13(14)17-7-8)18-21(19,20)12-4-2-3-10(15)9(12)6-16/h2-5,7,18H,1H3. The number of halogens is 2. The molecule has 0 saturated heterocycles. The smallest absolute Gasteiger partial charge is 0.263 e. The van der Waals surface area contributed by atoms with Gasteiger partial charge in [0.05, 0.1) is 5.69 Å². The summed E-state index contributed by atoms with van der Waals surface area (Å²) in [6.07, 6.45) is 1.48. The molecular weight excluding hydrogens is 317 g/mol. The lowest BCUT2D eigenvalue weighted by atomic mass is 10.2. The van der Waals surface area contributed by atoms with E-state index in [4.69, 9.17) is 16.9 Å². The fourth-order valence-corrected chi connectivity index (χ4v) is 3.09. The molecule has 1 N–H and O–H groups in total. The first-order valence-corrected chi connectivity index (χ1v) is 7.55. The lowest BCUT2D eigenvalue weighted by Crippen LogP contribution is -2.15. The minimum Gasteiger partial charge on any atom is -0.276 e. The molecule has 5 nitrogen and oxygen atoms in total. The summed E-state index contributed by atoms with van der Waals surface area (Å²) in [5.74, 6) is -0.908. The highest BCUT2D eigenvalue weighted by Gasteiger charge is 2.22. The number of hydrogen-bond donors (Lipinski definition) is 1. The van der Waals surface area contributed by atoms with E-state index in [1.54, 1.807) is 6.92 Å². The number of sulfonamides is 1. The Kier molecular flexibility index (Phi) is 4.11. The van der Waals surface area contributed by atoms with Crippen LogP contribution in [0.3, 0.4) is 0 Å². The van der Waals surface area contributed by atoms with Crippen molar-refractivity contribution in [3.8, 4) is 6.07 Å². The molecule has 0 bridgehead atoms. The molecule has 0 radical (unpaired) electrons. The van der Waals surface area contributed by atoms with Gasteiger partial charge in [0.15, 0.2) is 5.15 Å². The average molecular weight is 326 g/mol. The highest BCUT2D eigenvalue weighted by atomic mass is 35.5. The molecule has 1 aromatic heterocycles. The summed E-state index contributed by atoms with van der Waals surface area (Å²) in [5, 5.41) is 8.86. The molecule has 21 heavy (non-hydrogen) atoms. The molecule has 1 aromatic carbocycles. The summed E-state index contributed by atoms with van der Waals surface area (Å²) < 4.78 is 40.3. The summed E-state index contributed by atoms with van der Waals surface area (Å²) in [6.45, 7) is 1.71. The van der Waals surface area contributed by atoms with Gasteiger partial charge in [-0.25, -0.2) is 17.8 Å². The molecule has 0 unspecified atom stereocenters. The van der Waals surface area contributed by atoms with Crippen molar-refractivity contribution < 1.29 is 12.8 Å². The van der Waals surface area contributed by atoms with Gasteiger partial charge in [-0.15, -0.1) is 0 Å². The van der Waals surface area contributed by atoms with Crippen molar-refractivity contribution in [3.63, 3.8) is 0 Å². The van der Waals surface area contributed by atoms with Crippen LogP contribution >= 0.6 is 11.6 Å². The second-order valence-corrected chi connectivity index (χ2v) is 6.19. The third-order valence-corrected chi connectivity index (χ3v) is 4.31. The summed E-state index contributed by atoms with van der Waals surface area (Å²) in [6, 6.07) is 6.39. The Morgan fingerprint density at radius 2 is 2.14 bits per heavy atom. The third-order valence-electron chi connectivity index (χ3n) is 2.60. The fourth-order valence-electron chi connectivity index (χ4n) is 1.66. The normalized spacial score (nSPS) is 11.0. The number of rotatable bonds is 3. The molecule has 0 aliphatic rings. The van der Waals surface area contributed by atoms with E-state index in [-0.39, 0.29) is 10.8 Å². The van der Waals surface area contributed by atoms with E-state index in [9.17, 15) is 12.8 Å². The predicted octanol–water partition coefficient (Wildman–Crippen LogP) is 2.86. The van der Waals surface area contributed by atoms with Crippen molar-refractivity contribution >= 4 is 27.3 Å². The molecule has 8 heteroatoms. The lowest BCUT2D eigenvalue weighted by molar-refractivity contribution is 0.593. The zero-order valence-electron chi connectivity index (χ0n) is 10.8. The number of nitrogens with zero attached hydrogens (tertiary/aromatic N) is 2. The van der Waals surface area contributed by atoms with Crippen molar-refractivity contribution in [2.24, 2.45) is 0 Å². The predicted molar refractivity (Wildman–Crippen MR) is 75.9 cm³/mol. The van der Waals surface area contributed by atoms with E-state index in [2.05, 4.69) is 9.71 Å². The van der Waals surface area contributed by atoms with Gasteiger partial charge >= 0.3 is 0 Å². The monoisotopic (exact) mass is 325 g/mol. The Balaban J connectivity index is 2.52. The Morgan fingerprint density at radius 1 is 1.43 bits per heavy atom. The van der Waals surface area contributed by atoms with Crippen molar-refractivity contribution in [1.29, 1.82) is 5.26 Å². The molecule has 1 heterocycles. The maximum absolute atomic E-state index is 13.5. The SMILES string of the molecule is Cc1cnc(Cl)c(NS(=O)(=O)c2cccc(F)c2C#N)c1. The summed E-state index contributed by atoms with van der Waals surface area (Å²) >= 11 is 5.82. The van der Waals surface area contributed by atoms with E-state index in [1.165, 1.54) is 24.4 Å². The number of benzene rings is 1. The van der Waals surface area contributed by atoms with Gasteiger partial charge in [0.2, 0.25) is 0 Å². The topological polar surface area (TPSA) is 82.8 Å². The molecule has 0 fully saturated rings. The number of nitrogens with one attached hydrogen (secondary N) is 1. The highest BCUT2D eigenvalue weighted by molar-refractivity contribution is 7.92. The Labute approximate surface area is 126 Å². The number of anilines is 1. The third kappa shape index (κ3) is 3.12. The lowest BCUT2D eigenvalue weighted by Gasteiger charge is -2.11. The minimum absolute atomic E-state index is 0.0425. The maximum Gasteiger partial charge on any atom is 0.263 e. The van der Waals surface area contributed by atoms with Crippen molar-refractivity contribution in [2.75, 3.05) is 4.72 Å². The van der Waals surface area contributed by atoms with Crippen LogP contribution in [0.2, 0.25) is 5.15 Å². The van der Waals surface area contributed by atoms with Crippen LogP contribution in [0.4, 0.5) is 10.1 Å². The Bertz CT molecular complexity index is 847. The van der Waals surface area contributed by atoms with Crippen LogP contribution in [0.15, 0.2) is 35.4 Å². The summed E-state index contributed by atoms with van der Waals surface area (Å²) in [4.78, 5) is 3.36. The van der Waals surface area contributed by atoms with Gasteiger partial charge in [-0.2, -0.15) is 5.26 Å². The summed E-state index contributed by atoms with van der Waals surface area (Å²) in [7, 11) is -4.15. The fraction of sp³-hybridized carbons (Fsp3) is 0.0769. The van der Waals surface area contributed by atoms with Crippen LogP contribution < -0.4 is 4.72 Å². The molecule has 0 atom stereocenters. The van der Waals surface area contributed by atoms with E-state index < -0.39 is 26.3 Å². The van der Waals surface area contributed by atoms with Gasteiger partial charge in [-0.3, -0.25) is 4.72 Å². The van der Waals surface area contributed by atoms with Crippen LogP contribution in [0, 0.1) is 24.1 Å². The van der Waals surface area contributed by atoms with Crippen LogP contribution in [0.25, 0.3) is 0 Å². The number of nitriles is 1. The van der Waals surface area contributed by atoms with Crippen molar-refractivity contribution in [1.82, 2.24) is 4.98 Å². The summed E-state index contributed by atoms with van der Waals surface area (Å²) in [5.41, 5.74) is 0.198. The van der Waals surface area contributed by atoms with Crippen LogP contribution in [0.1, 0.15) is 11.1 Å². The van der Waals surface area contributed by atoms with Crippen LogP contribution in [-0.4, -0.2) is 13.4 Å². The largest absolute Gasteiger partial charge is 0.276 e. The zero-order valence-corrected chi connectivity index (χ0v) is 12.3. The van der Waals surface area contributed by atoms with Gasteiger partial charge in [0.25, 0.3) is 10.0 Å². The molecular formula is C13H9ClFN3O2S.